The third kappa shape index (κ3) is 7.54. The molecule has 20 heavy (non-hydrogen) atoms. The summed E-state index contributed by atoms with van der Waals surface area (Å²) in [4.78, 5) is 2.53. The first-order valence-corrected chi connectivity index (χ1v) is 8.33. The highest BCUT2D eigenvalue weighted by atomic mass is 15.1. The Labute approximate surface area is 125 Å². The monoisotopic (exact) mass is 276 g/mol. The molecule has 0 aliphatic carbocycles. The largest absolute Gasteiger partial charge is 0.399 e. The molecule has 2 N–H and O–H groups in total. The highest BCUT2D eigenvalue weighted by molar-refractivity contribution is 5.39. The van der Waals surface area contributed by atoms with Crippen molar-refractivity contribution < 1.29 is 0 Å². The number of nitrogens with zero attached hydrogens (tertiary/aromatic N) is 1. The lowest BCUT2D eigenvalue weighted by molar-refractivity contribution is 0.272. The van der Waals surface area contributed by atoms with E-state index in [9.17, 15) is 0 Å². The Morgan fingerprint density at radius 1 is 0.850 bits per heavy atom. The van der Waals surface area contributed by atoms with Gasteiger partial charge >= 0.3 is 0 Å². The second-order valence-electron chi connectivity index (χ2n) is 5.73. The second-order valence-corrected chi connectivity index (χ2v) is 5.73. The normalized spacial score (nSPS) is 11.2. The molecule has 114 valence electrons. The maximum Gasteiger partial charge on any atom is 0.0314 e. The molecule has 0 aliphatic heterocycles. The number of hydrogen-bond donors (Lipinski definition) is 1. The predicted octanol–water partition coefficient (Wildman–Crippen LogP) is 4.84. The maximum atomic E-state index is 5.72. The fraction of sp³-hybridized carbons (Fsp3) is 0.667. The van der Waals surface area contributed by atoms with Crippen LogP contribution in [0, 0.1) is 0 Å². The first-order chi connectivity index (χ1) is 9.76. The van der Waals surface area contributed by atoms with Crippen molar-refractivity contribution in [2.24, 2.45) is 0 Å². The molecule has 0 saturated carbocycles. The van der Waals surface area contributed by atoms with E-state index in [4.69, 9.17) is 5.73 Å². The van der Waals surface area contributed by atoms with Crippen molar-refractivity contribution >= 4 is 5.69 Å². The minimum Gasteiger partial charge on any atom is -0.399 e. The van der Waals surface area contributed by atoms with Crippen LogP contribution in [0.1, 0.15) is 64.4 Å². The lowest BCUT2D eigenvalue weighted by Gasteiger charge is -2.20. The molecule has 1 aromatic carbocycles. The lowest BCUT2D eigenvalue weighted by Crippen LogP contribution is -2.24. The van der Waals surface area contributed by atoms with Gasteiger partial charge in [0.1, 0.15) is 0 Å². The second kappa shape index (κ2) is 10.7. The van der Waals surface area contributed by atoms with Gasteiger partial charge in [0, 0.05) is 12.2 Å². The number of anilines is 1. The summed E-state index contributed by atoms with van der Waals surface area (Å²) in [6.45, 7) is 7.91. The van der Waals surface area contributed by atoms with Crippen molar-refractivity contribution in [3.63, 3.8) is 0 Å². The van der Waals surface area contributed by atoms with Crippen LogP contribution in [0.2, 0.25) is 0 Å². The summed E-state index contributed by atoms with van der Waals surface area (Å²) in [5.74, 6) is 0. The van der Waals surface area contributed by atoms with E-state index in [-0.39, 0.29) is 0 Å². The van der Waals surface area contributed by atoms with Crippen LogP contribution < -0.4 is 5.73 Å². The van der Waals surface area contributed by atoms with E-state index in [1.54, 1.807) is 0 Å². The lowest BCUT2D eigenvalue weighted by atomic mass is 10.1. The van der Waals surface area contributed by atoms with Crippen molar-refractivity contribution in [3.05, 3.63) is 29.8 Å². The molecule has 0 fully saturated rings. The van der Waals surface area contributed by atoms with Crippen LogP contribution >= 0.6 is 0 Å². The van der Waals surface area contributed by atoms with Gasteiger partial charge in [-0.3, -0.25) is 4.90 Å². The zero-order valence-electron chi connectivity index (χ0n) is 13.4. The summed E-state index contributed by atoms with van der Waals surface area (Å²) in [7, 11) is 0. The minimum absolute atomic E-state index is 0.851. The minimum atomic E-state index is 0.851. The van der Waals surface area contributed by atoms with Crippen molar-refractivity contribution in [1.82, 2.24) is 4.90 Å². The third-order valence-electron chi connectivity index (χ3n) is 3.91. The Hall–Kier alpha value is -1.02. The third-order valence-corrected chi connectivity index (χ3v) is 3.91. The van der Waals surface area contributed by atoms with Gasteiger partial charge in [0.05, 0.1) is 0 Å². The molecular weight excluding hydrogens is 244 g/mol. The number of hydrogen-bond acceptors (Lipinski definition) is 2. The van der Waals surface area contributed by atoms with Gasteiger partial charge in [0.25, 0.3) is 0 Å². The Morgan fingerprint density at radius 3 is 2.05 bits per heavy atom. The standard InChI is InChI=1S/C18H32N2/c1-3-5-6-7-8-9-10-15-20(4-2)16-17-11-13-18(19)14-12-17/h11-14H,3-10,15-16,19H2,1-2H3. The number of nitrogen functional groups attached to an aromatic ring is 1. The molecule has 2 heteroatoms. The van der Waals surface area contributed by atoms with Gasteiger partial charge in [-0.05, 0) is 37.2 Å². The highest BCUT2D eigenvalue weighted by Crippen LogP contribution is 2.11. The molecule has 0 unspecified atom stereocenters. The smallest absolute Gasteiger partial charge is 0.0314 e. The first-order valence-electron chi connectivity index (χ1n) is 8.33. The molecule has 0 amide bonds. The zero-order chi connectivity index (χ0) is 14.6. The Balaban J connectivity index is 2.14. The molecule has 0 aliphatic rings. The topological polar surface area (TPSA) is 29.3 Å². The van der Waals surface area contributed by atoms with Gasteiger partial charge in [-0.2, -0.15) is 0 Å². The van der Waals surface area contributed by atoms with Crippen LogP contribution in [0.5, 0.6) is 0 Å². The maximum absolute atomic E-state index is 5.72. The van der Waals surface area contributed by atoms with Crippen molar-refractivity contribution in [1.29, 1.82) is 0 Å². The molecule has 1 aromatic rings. The van der Waals surface area contributed by atoms with Gasteiger partial charge in [-0.1, -0.05) is 64.5 Å². The van der Waals surface area contributed by atoms with Crippen molar-refractivity contribution in [2.75, 3.05) is 18.8 Å². The summed E-state index contributed by atoms with van der Waals surface area (Å²) >= 11 is 0. The van der Waals surface area contributed by atoms with Crippen molar-refractivity contribution in [3.8, 4) is 0 Å². The number of rotatable bonds is 11. The van der Waals surface area contributed by atoms with Crippen LogP contribution in [-0.4, -0.2) is 18.0 Å². The number of benzene rings is 1. The Morgan fingerprint density at radius 2 is 1.45 bits per heavy atom. The highest BCUT2D eigenvalue weighted by Gasteiger charge is 2.03. The van der Waals surface area contributed by atoms with E-state index in [1.807, 2.05) is 12.1 Å². The van der Waals surface area contributed by atoms with E-state index in [2.05, 4.69) is 30.9 Å². The van der Waals surface area contributed by atoms with Crippen LogP contribution in [0.25, 0.3) is 0 Å². The fourth-order valence-corrected chi connectivity index (χ4v) is 2.52. The van der Waals surface area contributed by atoms with Gasteiger partial charge < -0.3 is 5.73 Å². The molecule has 1 rings (SSSR count). The van der Waals surface area contributed by atoms with Crippen LogP contribution in [-0.2, 0) is 6.54 Å². The summed E-state index contributed by atoms with van der Waals surface area (Å²) in [5, 5.41) is 0. The molecule has 0 saturated heterocycles. The van der Waals surface area contributed by atoms with Gasteiger partial charge in [-0.25, -0.2) is 0 Å². The van der Waals surface area contributed by atoms with E-state index >= 15 is 0 Å². The fourth-order valence-electron chi connectivity index (χ4n) is 2.52. The average Bonchev–Trinajstić information content (AvgIpc) is 2.47. The molecule has 0 bridgehead atoms. The molecule has 0 aromatic heterocycles. The van der Waals surface area contributed by atoms with Crippen LogP contribution in [0.15, 0.2) is 24.3 Å². The average molecular weight is 276 g/mol. The van der Waals surface area contributed by atoms with Crippen LogP contribution in [0.3, 0.4) is 0 Å². The summed E-state index contributed by atoms with van der Waals surface area (Å²) in [5.41, 5.74) is 7.94. The predicted molar refractivity (Wildman–Crippen MR) is 89.8 cm³/mol. The molecule has 0 heterocycles. The summed E-state index contributed by atoms with van der Waals surface area (Å²) in [6, 6.07) is 8.28. The number of nitrogens with two attached hydrogens (primary N) is 1. The van der Waals surface area contributed by atoms with Gasteiger partial charge in [0.2, 0.25) is 0 Å². The Kier molecular flexibility index (Phi) is 9.14. The molecule has 0 atom stereocenters. The SMILES string of the molecule is CCCCCCCCCN(CC)Cc1ccc(N)cc1. The van der Waals surface area contributed by atoms with Crippen LogP contribution in [0.4, 0.5) is 5.69 Å². The molecule has 0 spiro atoms. The zero-order valence-corrected chi connectivity index (χ0v) is 13.4. The van der Waals surface area contributed by atoms with Gasteiger partial charge in [-0.15, -0.1) is 0 Å². The van der Waals surface area contributed by atoms with E-state index < -0.39 is 0 Å². The van der Waals surface area contributed by atoms with E-state index in [0.29, 0.717) is 0 Å². The molecule has 0 radical (unpaired) electrons. The van der Waals surface area contributed by atoms with E-state index in [0.717, 1.165) is 18.8 Å². The van der Waals surface area contributed by atoms with E-state index in [1.165, 1.54) is 57.1 Å². The molecular formula is C18H32N2. The Bertz CT molecular complexity index is 332. The molecule has 2 nitrogen and oxygen atoms in total. The first kappa shape index (κ1) is 17.0. The van der Waals surface area contributed by atoms with Gasteiger partial charge in [0.15, 0.2) is 0 Å². The number of unbranched alkanes of at least 4 members (excludes halogenated alkanes) is 6. The van der Waals surface area contributed by atoms with Crippen molar-refractivity contribution in [2.45, 2.75) is 65.3 Å². The quantitative estimate of drug-likeness (QED) is 0.463. The summed E-state index contributed by atoms with van der Waals surface area (Å²) in [6.07, 6.45) is 9.68. The summed E-state index contributed by atoms with van der Waals surface area (Å²) < 4.78 is 0.